The monoisotopic (exact) mass is 230 g/mol. The molecule has 0 fully saturated rings. The van der Waals surface area contributed by atoms with E-state index >= 15 is 0 Å². The van der Waals surface area contributed by atoms with E-state index in [1.54, 1.807) is 7.11 Å². The van der Waals surface area contributed by atoms with E-state index in [1.807, 2.05) is 0 Å². The predicted octanol–water partition coefficient (Wildman–Crippen LogP) is 2.11. The van der Waals surface area contributed by atoms with E-state index in [9.17, 15) is 0 Å². The lowest BCUT2D eigenvalue weighted by Crippen LogP contribution is -2.41. The Balaban J connectivity index is 4.12. The van der Waals surface area contributed by atoms with Crippen molar-refractivity contribution >= 4 is 0 Å². The second kappa shape index (κ2) is 6.58. The second-order valence-corrected chi connectivity index (χ2v) is 5.95. The van der Waals surface area contributed by atoms with Crippen molar-refractivity contribution in [3.63, 3.8) is 0 Å². The number of hydrogen-bond donors (Lipinski definition) is 1. The first kappa shape index (κ1) is 15.9. The molecule has 0 amide bonds. The van der Waals surface area contributed by atoms with Gasteiger partial charge in [-0.05, 0) is 38.8 Å². The predicted molar refractivity (Wildman–Crippen MR) is 70.7 cm³/mol. The van der Waals surface area contributed by atoms with Gasteiger partial charge in [-0.2, -0.15) is 0 Å². The minimum absolute atomic E-state index is 0.0275. The van der Waals surface area contributed by atoms with Crippen LogP contribution >= 0.6 is 0 Å². The highest BCUT2D eigenvalue weighted by atomic mass is 16.5. The summed E-state index contributed by atoms with van der Waals surface area (Å²) >= 11 is 0. The largest absolute Gasteiger partial charge is 0.379 e. The number of nitrogens with zero attached hydrogens (tertiary/aromatic N) is 1. The smallest absolute Gasteiger partial charge is 0.0634 e. The second-order valence-electron chi connectivity index (χ2n) is 5.95. The van der Waals surface area contributed by atoms with Crippen LogP contribution in [0.4, 0.5) is 0 Å². The molecule has 0 aliphatic carbocycles. The van der Waals surface area contributed by atoms with Gasteiger partial charge in [0.15, 0.2) is 0 Å². The topological polar surface area (TPSA) is 38.5 Å². The van der Waals surface area contributed by atoms with Crippen LogP contribution in [0.25, 0.3) is 0 Å². The number of nitrogens with two attached hydrogens (primary N) is 1. The van der Waals surface area contributed by atoms with Crippen LogP contribution in [0.5, 0.6) is 0 Å². The van der Waals surface area contributed by atoms with E-state index in [0.717, 1.165) is 32.6 Å². The van der Waals surface area contributed by atoms with E-state index in [-0.39, 0.29) is 11.0 Å². The Morgan fingerprint density at radius 2 is 1.75 bits per heavy atom. The van der Waals surface area contributed by atoms with Gasteiger partial charge in [0, 0.05) is 20.2 Å². The van der Waals surface area contributed by atoms with Crippen LogP contribution in [0.1, 0.15) is 41.0 Å². The Morgan fingerprint density at radius 3 is 2.12 bits per heavy atom. The first-order chi connectivity index (χ1) is 7.26. The third-order valence-electron chi connectivity index (χ3n) is 3.23. The fraction of sp³-hybridized carbons (Fsp3) is 1.00. The molecular weight excluding hydrogens is 200 g/mol. The third kappa shape index (κ3) is 6.46. The zero-order valence-electron chi connectivity index (χ0n) is 12.0. The highest BCUT2D eigenvalue weighted by Gasteiger charge is 2.22. The first-order valence-electron chi connectivity index (χ1n) is 6.24. The molecular formula is C13H30N2O. The van der Waals surface area contributed by atoms with E-state index in [4.69, 9.17) is 10.5 Å². The maximum absolute atomic E-state index is 5.77. The van der Waals surface area contributed by atoms with Crippen LogP contribution < -0.4 is 5.73 Å². The average molecular weight is 230 g/mol. The summed E-state index contributed by atoms with van der Waals surface area (Å²) in [5, 5.41) is 0. The maximum atomic E-state index is 5.77. The number of rotatable bonds is 8. The van der Waals surface area contributed by atoms with Crippen LogP contribution in [0.2, 0.25) is 0 Å². The number of ether oxygens (including phenoxy) is 1. The summed E-state index contributed by atoms with van der Waals surface area (Å²) in [7, 11) is 1.78. The van der Waals surface area contributed by atoms with E-state index in [0.29, 0.717) is 0 Å². The van der Waals surface area contributed by atoms with Crippen molar-refractivity contribution in [1.29, 1.82) is 0 Å². The lowest BCUT2D eigenvalue weighted by Gasteiger charge is -2.33. The highest BCUT2D eigenvalue weighted by Crippen LogP contribution is 2.18. The molecule has 3 nitrogen and oxygen atoms in total. The molecule has 0 spiro atoms. The molecule has 0 radical (unpaired) electrons. The summed E-state index contributed by atoms with van der Waals surface area (Å²) in [4.78, 5) is 2.45. The molecule has 0 aromatic rings. The number of methoxy groups -OCH3 is 1. The van der Waals surface area contributed by atoms with Gasteiger partial charge in [-0.3, -0.25) is 0 Å². The van der Waals surface area contributed by atoms with E-state index < -0.39 is 0 Å². The van der Waals surface area contributed by atoms with Gasteiger partial charge in [0.05, 0.1) is 5.60 Å². The van der Waals surface area contributed by atoms with Crippen molar-refractivity contribution in [2.45, 2.75) is 46.6 Å². The van der Waals surface area contributed by atoms with Gasteiger partial charge in [0.25, 0.3) is 0 Å². The summed E-state index contributed by atoms with van der Waals surface area (Å²) in [6.07, 6.45) is 1.05. The van der Waals surface area contributed by atoms with Crippen molar-refractivity contribution < 1.29 is 4.74 Å². The lowest BCUT2D eigenvalue weighted by atomic mass is 9.92. The SMILES string of the molecule is CCN(CCC(C)(C)OC)CC(C)(C)CN. The summed E-state index contributed by atoms with van der Waals surface area (Å²) in [6.45, 7) is 14.8. The average Bonchev–Trinajstić information content (AvgIpc) is 2.24. The Morgan fingerprint density at radius 1 is 1.19 bits per heavy atom. The Hall–Kier alpha value is -0.120. The minimum atomic E-state index is -0.0275. The van der Waals surface area contributed by atoms with Gasteiger partial charge < -0.3 is 15.4 Å². The molecule has 0 rings (SSSR count). The summed E-state index contributed by atoms with van der Waals surface area (Å²) in [5.74, 6) is 0. The fourth-order valence-electron chi connectivity index (χ4n) is 1.55. The molecule has 3 heteroatoms. The zero-order valence-corrected chi connectivity index (χ0v) is 12.0. The molecule has 16 heavy (non-hydrogen) atoms. The van der Waals surface area contributed by atoms with Crippen LogP contribution in [0.15, 0.2) is 0 Å². The highest BCUT2D eigenvalue weighted by molar-refractivity contribution is 4.76. The third-order valence-corrected chi connectivity index (χ3v) is 3.23. The van der Waals surface area contributed by atoms with Gasteiger partial charge in [0.1, 0.15) is 0 Å². The normalized spacial score (nSPS) is 13.5. The van der Waals surface area contributed by atoms with Crippen molar-refractivity contribution in [2.75, 3.05) is 33.3 Å². The molecule has 0 bridgehead atoms. The van der Waals surface area contributed by atoms with Crippen molar-refractivity contribution in [1.82, 2.24) is 4.90 Å². The Labute approximate surface area is 101 Å². The van der Waals surface area contributed by atoms with Gasteiger partial charge >= 0.3 is 0 Å². The van der Waals surface area contributed by atoms with Crippen LogP contribution in [0, 0.1) is 5.41 Å². The molecule has 0 heterocycles. The molecule has 0 atom stereocenters. The quantitative estimate of drug-likeness (QED) is 0.694. The van der Waals surface area contributed by atoms with E-state index in [1.165, 1.54) is 0 Å². The molecule has 0 aliphatic heterocycles. The molecule has 98 valence electrons. The van der Waals surface area contributed by atoms with Crippen molar-refractivity contribution in [2.24, 2.45) is 11.1 Å². The van der Waals surface area contributed by atoms with Crippen LogP contribution in [-0.4, -0.2) is 43.8 Å². The fourth-order valence-corrected chi connectivity index (χ4v) is 1.55. The summed E-state index contributed by atoms with van der Waals surface area (Å²) in [6, 6.07) is 0. The summed E-state index contributed by atoms with van der Waals surface area (Å²) < 4.78 is 5.44. The molecule has 0 saturated carbocycles. The lowest BCUT2D eigenvalue weighted by molar-refractivity contribution is 0.00538. The van der Waals surface area contributed by atoms with Gasteiger partial charge in [-0.25, -0.2) is 0 Å². The van der Waals surface area contributed by atoms with Crippen LogP contribution in [-0.2, 0) is 4.74 Å². The minimum Gasteiger partial charge on any atom is -0.379 e. The van der Waals surface area contributed by atoms with E-state index in [2.05, 4.69) is 39.5 Å². The maximum Gasteiger partial charge on any atom is 0.0634 e. The standard InChI is InChI=1S/C13H30N2O/c1-7-15(11-12(2,3)10-14)9-8-13(4,5)16-6/h7-11,14H2,1-6H3. The number of hydrogen-bond acceptors (Lipinski definition) is 3. The molecule has 0 aliphatic rings. The molecule has 0 aromatic heterocycles. The molecule has 0 unspecified atom stereocenters. The van der Waals surface area contributed by atoms with Crippen molar-refractivity contribution in [3.8, 4) is 0 Å². The molecule has 2 N–H and O–H groups in total. The summed E-state index contributed by atoms with van der Waals surface area (Å²) in [5.41, 5.74) is 5.94. The van der Waals surface area contributed by atoms with Crippen LogP contribution in [0.3, 0.4) is 0 Å². The Kier molecular flexibility index (Phi) is 6.53. The molecule has 0 aromatic carbocycles. The molecule has 0 saturated heterocycles. The van der Waals surface area contributed by atoms with Crippen molar-refractivity contribution in [3.05, 3.63) is 0 Å². The Bertz CT molecular complexity index is 190. The zero-order chi connectivity index (χ0) is 12.8. The first-order valence-corrected chi connectivity index (χ1v) is 6.24. The van der Waals surface area contributed by atoms with Gasteiger partial charge in [-0.15, -0.1) is 0 Å². The van der Waals surface area contributed by atoms with Gasteiger partial charge in [0.2, 0.25) is 0 Å². The van der Waals surface area contributed by atoms with Gasteiger partial charge in [-0.1, -0.05) is 20.8 Å².